The van der Waals surface area contributed by atoms with E-state index in [1.165, 1.54) is 36.4 Å². The number of nitrogens with zero attached hydrogens (tertiary/aromatic N) is 6. The highest BCUT2D eigenvalue weighted by Crippen LogP contribution is 2.21. The Morgan fingerprint density at radius 3 is 1.23 bits per heavy atom. The number of rotatable bonds is 2. The highest BCUT2D eigenvalue weighted by Gasteiger charge is 2.17. The molecule has 0 aromatic heterocycles. The molecule has 10 heteroatoms. The van der Waals surface area contributed by atoms with E-state index in [0.29, 0.717) is 0 Å². The summed E-state index contributed by atoms with van der Waals surface area (Å²) in [5.74, 6) is 0. The zero-order valence-electron chi connectivity index (χ0n) is 12.8. The van der Waals surface area contributed by atoms with Crippen LogP contribution in [0, 0.1) is 65.6 Å². The van der Waals surface area contributed by atoms with Crippen LogP contribution in [0.5, 0.6) is 0 Å². The fourth-order valence-corrected chi connectivity index (χ4v) is 1.81. The molecule has 0 N–H and O–H groups in total. The lowest BCUT2D eigenvalue weighted by atomic mass is 10.1. The summed E-state index contributed by atoms with van der Waals surface area (Å²) < 4.78 is 0. The molecule has 26 heavy (non-hydrogen) atoms. The molecule has 0 heterocycles. The summed E-state index contributed by atoms with van der Waals surface area (Å²) >= 11 is 0. The standard InChI is InChI=1S/2C8H3N3O2/c2*9-4-6-2-1-3-8(11(12)13)7(6)5-10/h2*1-3H. The summed E-state index contributed by atoms with van der Waals surface area (Å²) in [5.41, 5.74) is -0.985. The Morgan fingerprint density at radius 2 is 1.00 bits per heavy atom. The van der Waals surface area contributed by atoms with Gasteiger partial charge in [0, 0.05) is 12.1 Å². The first-order chi connectivity index (χ1) is 12.4. The molecule has 0 bridgehead atoms. The molecule has 0 fully saturated rings. The Balaban J connectivity index is 0.000000260. The fraction of sp³-hybridized carbons (Fsp3) is 0. The normalized spacial score (nSPS) is 8.46. The van der Waals surface area contributed by atoms with Crippen LogP contribution in [0.1, 0.15) is 22.3 Å². The van der Waals surface area contributed by atoms with Gasteiger partial charge in [-0.25, -0.2) is 0 Å². The maximum Gasteiger partial charge on any atom is 0.288 e. The van der Waals surface area contributed by atoms with Gasteiger partial charge < -0.3 is 0 Å². The van der Waals surface area contributed by atoms with E-state index in [4.69, 9.17) is 21.0 Å². The second-order valence-electron chi connectivity index (χ2n) is 4.36. The van der Waals surface area contributed by atoms with Crippen molar-refractivity contribution in [1.82, 2.24) is 0 Å². The zero-order chi connectivity index (χ0) is 19.7. The SMILES string of the molecule is N#Cc1cccc([N+](=O)[O-])c1C#N.N#Cc1cccc([N+](=O)[O-])c1C#N. The first-order valence-electron chi connectivity index (χ1n) is 6.56. The Kier molecular flexibility index (Phi) is 6.47. The minimum absolute atomic E-state index is 0.0247. The average Bonchev–Trinajstić information content (AvgIpc) is 2.66. The van der Waals surface area contributed by atoms with E-state index in [-0.39, 0.29) is 33.6 Å². The molecule has 0 radical (unpaired) electrons. The van der Waals surface area contributed by atoms with Gasteiger partial charge in [-0.05, 0) is 12.1 Å². The average molecular weight is 346 g/mol. The minimum Gasteiger partial charge on any atom is -0.258 e. The van der Waals surface area contributed by atoms with Gasteiger partial charge >= 0.3 is 0 Å². The van der Waals surface area contributed by atoms with Crippen molar-refractivity contribution in [2.45, 2.75) is 0 Å². The summed E-state index contributed by atoms with van der Waals surface area (Å²) in [5, 5.41) is 55.0. The smallest absolute Gasteiger partial charge is 0.258 e. The van der Waals surface area contributed by atoms with Crippen molar-refractivity contribution >= 4 is 11.4 Å². The highest BCUT2D eigenvalue weighted by atomic mass is 16.6. The van der Waals surface area contributed by atoms with Crippen molar-refractivity contribution in [3.8, 4) is 24.3 Å². The lowest BCUT2D eigenvalue weighted by Crippen LogP contribution is -1.94. The molecule has 0 unspecified atom stereocenters. The predicted octanol–water partition coefficient (Wildman–Crippen LogP) is 2.68. The topological polar surface area (TPSA) is 181 Å². The molecule has 0 spiro atoms. The number of nitriles is 4. The highest BCUT2D eigenvalue weighted by molar-refractivity contribution is 5.58. The predicted molar refractivity (Wildman–Crippen MR) is 85.1 cm³/mol. The third-order valence-corrected chi connectivity index (χ3v) is 2.94. The summed E-state index contributed by atoms with van der Waals surface area (Å²) in [6.45, 7) is 0. The number of hydrogen-bond donors (Lipinski definition) is 0. The van der Waals surface area contributed by atoms with Gasteiger partial charge in [-0.1, -0.05) is 12.1 Å². The molecule has 0 atom stereocenters. The Bertz CT molecular complexity index is 965. The van der Waals surface area contributed by atoms with Crippen molar-refractivity contribution in [2.75, 3.05) is 0 Å². The number of nitro groups is 2. The van der Waals surface area contributed by atoms with Gasteiger partial charge in [-0.2, -0.15) is 21.0 Å². The molecule has 0 saturated heterocycles. The molecule has 0 saturated carbocycles. The van der Waals surface area contributed by atoms with Gasteiger partial charge in [0.25, 0.3) is 11.4 Å². The van der Waals surface area contributed by atoms with Crippen molar-refractivity contribution in [2.24, 2.45) is 0 Å². The van der Waals surface area contributed by atoms with Crippen LogP contribution < -0.4 is 0 Å². The van der Waals surface area contributed by atoms with E-state index in [1.807, 2.05) is 0 Å². The molecule has 124 valence electrons. The lowest BCUT2D eigenvalue weighted by molar-refractivity contribution is -0.385. The summed E-state index contributed by atoms with van der Waals surface area (Å²) in [4.78, 5) is 19.4. The first-order valence-corrected chi connectivity index (χ1v) is 6.56. The van der Waals surface area contributed by atoms with Gasteiger partial charge in [-0.3, -0.25) is 20.2 Å². The van der Waals surface area contributed by atoms with E-state index in [2.05, 4.69) is 0 Å². The molecular formula is C16H6N6O4. The summed E-state index contributed by atoms with van der Waals surface area (Å²) in [7, 11) is 0. The van der Waals surface area contributed by atoms with E-state index in [9.17, 15) is 20.2 Å². The van der Waals surface area contributed by atoms with Crippen LogP contribution in [0.15, 0.2) is 36.4 Å². The zero-order valence-corrected chi connectivity index (χ0v) is 12.8. The second-order valence-corrected chi connectivity index (χ2v) is 4.36. The van der Waals surface area contributed by atoms with Crippen LogP contribution in [0.25, 0.3) is 0 Å². The largest absolute Gasteiger partial charge is 0.288 e. The minimum atomic E-state index is -0.681. The van der Waals surface area contributed by atoms with Gasteiger partial charge in [0.2, 0.25) is 0 Å². The molecule has 0 aliphatic rings. The van der Waals surface area contributed by atoms with Crippen LogP contribution in [0.2, 0.25) is 0 Å². The first kappa shape index (κ1) is 19.2. The Hall–Kier alpha value is -4.80. The van der Waals surface area contributed by atoms with E-state index < -0.39 is 9.85 Å². The molecule has 10 nitrogen and oxygen atoms in total. The fourth-order valence-electron chi connectivity index (χ4n) is 1.81. The molecule has 0 amide bonds. The van der Waals surface area contributed by atoms with Crippen LogP contribution in [-0.4, -0.2) is 9.85 Å². The lowest BCUT2D eigenvalue weighted by Gasteiger charge is -1.94. The van der Waals surface area contributed by atoms with Crippen LogP contribution in [-0.2, 0) is 0 Å². The molecular weight excluding hydrogens is 340 g/mol. The van der Waals surface area contributed by atoms with E-state index >= 15 is 0 Å². The number of nitro benzene ring substituents is 2. The van der Waals surface area contributed by atoms with Gasteiger partial charge in [0.1, 0.15) is 35.4 Å². The second kappa shape index (κ2) is 8.73. The third-order valence-electron chi connectivity index (χ3n) is 2.94. The van der Waals surface area contributed by atoms with E-state index in [1.54, 1.807) is 24.3 Å². The maximum absolute atomic E-state index is 10.4. The van der Waals surface area contributed by atoms with Crippen LogP contribution in [0.3, 0.4) is 0 Å². The van der Waals surface area contributed by atoms with Crippen molar-refractivity contribution < 1.29 is 9.85 Å². The van der Waals surface area contributed by atoms with Crippen molar-refractivity contribution in [1.29, 1.82) is 21.0 Å². The molecule has 2 aromatic carbocycles. The monoisotopic (exact) mass is 346 g/mol. The molecule has 0 aliphatic carbocycles. The van der Waals surface area contributed by atoms with Crippen LogP contribution in [0.4, 0.5) is 11.4 Å². The quantitative estimate of drug-likeness (QED) is 0.587. The van der Waals surface area contributed by atoms with Crippen LogP contribution >= 0.6 is 0 Å². The maximum atomic E-state index is 10.4. The van der Waals surface area contributed by atoms with Gasteiger partial charge in [0.05, 0.1) is 21.0 Å². The summed E-state index contributed by atoms with van der Waals surface area (Å²) in [6, 6.07) is 14.6. The van der Waals surface area contributed by atoms with E-state index in [0.717, 1.165) is 0 Å². The number of benzene rings is 2. The molecule has 2 aromatic rings. The van der Waals surface area contributed by atoms with Gasteiger partial charge in [-0.15, -0.1) is 0 Å². The number of hydrogen-bond acceptors (Lipinski definition) is 8. The van der Waals surface area contributed by atoms with Crippen molar-refractivity contribution in [3.05, 3.63) is 78.9 Å². The van der Waals surface area contributed by atoms with Crippen molar-refractivity contribution in [3.63, 3.8) is 0 Å². The Labute approximate surface area is 146 Å². The molecule has 2 rings (SSSR count). The Morgan fingerprint density at radius 1 is 0.654 bits per heavy atom. The van der Waals surface area contributed by atoms with Gasteiger partial charge in [0.15, 0.2) is 0 Å². The summed E-state index contributed by atoms with van der Waals surface area (Å²) in [6.07, 6.45) is 0. The third kappa shape index (κ3) is 4.14. The molecule has 0 aliphatic heterocycles.